The Morgan fingerprint density at radius 1 is 1.05 bits per heavy atom. The molecule has 0 spiro atoms. The van der Waals surface area contributed by atoms with E-state index in [1.807, 2.05) is 0 Å². The molecule has 2 nitrogen and oxygen atoms in total. The van der Waals surface area contributed by atoms with Gasteiger partial charge < -0.3 is 10.2 Å². The Balaban J connectivity index is 2.20. The van der Waals surface area contributed by atoms with Gasteiger partial charge in [0.05, 0.1) is 11.7 Å². The van der Waals surface area contributed by atoms with E-state index >= 15 is 0 Å². The van der Waals surface area contributed by atoms with Gasteiger partial charge in [-0.2, -0.15) is 13.2 Å². The number of hydrogen-bond acceptors (Lipinski definition) is 2. The van der Waals surface area contributed by atoms with Gasteiger partial charge in [-0.25, -0.2) is 4.39 Å². The summed E-state index contributed by atoms with van der Waals surface area (Å²) >= 11 is 0. The molecule has 1 fully saturated rings. The fourth-order valence-electron chi connectivity index (χ4n) is 2.87. The van der Waals surface area contributed by atoms with E-state index < -0.39 is 29.8 Å². The minimum atomic E-state index is -4.82. The summed E-state index contributed by atoms with van der Waals surface area (Å²) < 4.78 is 51.2. The Morgan fingerprint density at radius 3 is 2.24 bits per heavy atom. The van der Waals surface area contributed by atoms with Gasteiger partial charge in [0.25, 0.3) is 0 Å². The number of benzene rings is 1. The van der Waals surface area contributed by atoms with Crippen molar-refractivity contribution in [1.29, 1.82) is 0 Å². The van der Waals surface area contributed by atoms with Crippen LogP contribution in [0.4, 0.5) is 17.6 Å². The highest BCUT2D eigenvalue weighted by Crippen LogP contribution is 2.36. The Morgan fingerprint density at radius 2 is 1.67 bits per heavy atom. The van der Waals surface area contributed by atoms with Gasteiger partial charge in [-0.1, -0.05) is 25.3 Å². The van der Waals surface area contributed by atoms with E-state index in [1.165, 1.54) is 0 Å². The van der Waals surface area contributed by atoms with Gasteiger partial charge in [0.15, 0.2) is 0 Å². The molecule has 2 N–H and O–H groups in total. The van der Waals surface area contributed by atoms with Crippen molar-refractivity contribution in [3.8, 4) is 0 Å². The number of halogens is 4. The second kappa shape index (κ2) is 6.32. The fourth-order valence-corrected chi connectivity index (χ4v) is 2.87. The smallest absolute Gasteiger partial charge is 0.390 e. The predicted octanol–water partition coefficient (Wildman–Crippen LogP) is 3.82. The highest BCUT2D eigenvalue weighted by atomic mass is 19.4. The van der Waals surface area contributed by atoms with E-state index in [1.54, 1.807) is 0 Å². The molecule has 1 saturated carbocycles. The van der Waals surface area contributed by atoms with Crippen LogP contribution in [0.1, 0.15) is 49.3 Å². The summed E-state index contributed by atoms with van der Waals surface area (Å²) in [5, 5.41) is 20.2. The van der Waals surface area contributed by atoms with Gasteiger partial charge in [0.2, 0.25) is 0 Å². The van der Waals surface area contributed by atoms with Crippen LogP contribution in [0.25, 0.3) is 0 Å². The average molecular weight is 306 g/mol. The number of aliphatic hydroxyl groups is 2. The Hall–Kier alpha value is -1.14. The van der Waals surface area contributed by atoms with Gasteiger partial charge in [0.1, 0.15) is 11.9 Å². The molecule has 0 heterocycles. The molecule has 0 aromatic heterocycles. The molecule has 6 heteroatoms. The summed E-state index contributed by atoms with van der Waals surface area (Å²) in [5.74, 6) is -1.52. The summed E-state index contributed by atoms with van der Waals surface area (Å²) in [5.41, 5.74) is -1.53. The van der Waals surface area contributed by atoms with Crippen LogP contribution in [0.2, 0.25) is 0 Å². The van der Waals surface area contributed by atoms with E-state index in [0.29, 0.717) is 12.1 Å². The molecule has 2 rings (SSSR count). The van der Waals surface area contributed by atoms with E-state index in [9.17, 15) is 27.8 Å². The topological polar surface area (TPSA) is 40.5 Å². The molecule has 1 aliphatic carbocycles. The number of rotatable bonds is 3. The minimum Gasteiger partial charge on any atom is -0.390 e. The Kier molecular flexibility index (Phi) is 4.88. The summed E-state index contributed by atoms with van der Waals surface area (Å²) in [6, 6.07) is 2.34. The maximum Gasteiger partial charge on any atom is 0.419 e. The lowest BCUT2D eigenvalue weighted by Gasteiger charge is -2.30. The van der Waals surface area contributed by atoms with Crippen molar-refractivity contribution in [3.05, 3.63) is 35.1 Å². The van der Waals surface area contributed by atoms with Crippen LogP contribution in [0, 0.1) is 11.7 Å². The van der Waals surface area contributed by atoms with Gasteiger partial charge in [-0.15, -0.1) is 0 Å². The first-order chi connectivity index (χ1) is 9.80. The van der Waals surface area contributed by atoms with E-state index in [4.69, 9.17) is 0 Å². The summed E-state index contributed by atoms with van der Waals surface area (Å²) in [7, 11) is 0. The van der Waals surface area contributed by atoms with Crippen molar-refractivity contribution in [2.45, 2.75) is 50.5 Å². The summed E-state index contributed by atoms with van der Waals surface area (Å²) in [4.78, 5) is 0. The Labute approximate surface area is 120 Å². The molecule has 0 bridgehead atoms. The zero-order valence-electron chi connectivity index (χ0n) is 11.4. The molecule has 2 atom stereocenters. The number of alkyl halides is 3. The quantitative estimate of drug-likeness (QED) is 0.834. The van der Waals surface area contributed by atoms with Gasteiger partial charge in [0, 0.05) is 0 Å². The average Bonchev–Trinajstić information content (AvgIpc) is 2.46. The first-order valence-corrected chi connectivity index (χ1v) is 7.03. The van der Waals surface area contributed by atoms with Crippen molar-refractivity contribution in [1.82, 2.24) is 0 Å². The lowest BCUT2D eigenvalue weighted by atomic mass is 9.82. The van der Waals surface area contributed by atoms with Crippen LogP contribution < -0.4 is 0 Å². The third-order valence-electron chi connectivity index (χ3n) is 4.09. The lowest BCUT2D eigenvalue weighted by Crippen LogP contribution is -2.29. The summed E-state index contributed by atoms with van der Waals surface area (Å²) in [6.45, 7) is 0. The van der Waals surface area contributed by atoms with Crippen LogP contribution >= 0.6 is 0 Å². The normalized spacial score (nSPS) is 20.3. The molecule has 0 aliphatic heterocycles. The van der Waals surface area contributed by atoms with Gasteiger partial charge in [-0.05, 0) is 36.5 Å². The highest BCUT2D eigenvalue weighted by Gasteiger charge is 2.36. The molecular formula is C15H18F4O2. The van der Waals surface area contributed by atoms with E-state index in [2.05, 4.69) is 0 Å². The van der Waals surface area contributed by atoms with Gasteiger partial charge >= 0.3 is 6.18 Å². The fraction of sp³-hybridized carbons (Fsp3) is 0.600. The molecule has 118 valence electrons. The molecule has 2 unspecified atom stereocenters. The molecular weight excluding hydrogens is 288 g/mol. The number of aliphatic hydroxyl groups excluding tert-OH is 2. The standard InChI is InChI=1S/C15H18F4O2/c16-12-7-6-10(8-11(12)15(17,18)19)14(21)13(20)9-4-2-1-3-5-9/h6-9,13-14,20-21H,1-5H2. The zero-order valence-corrected chi connectivity index (χ0v) is 11.4. The second-order valence-electron chi connectivity index (χ2n) is 5.57. The second-order valence-corrected chi connectivity index (χ2v) is 5.57. The maximum absolute atomic E-state index is 13.2. The third-order valence-corrected chi connectivity index (χ3v) is 4.09. The molecule has 0 saturated heterocycles. The highest BCUT2D eigenvalue weighted by molar-refractivity contribution is 5.29. The largest absolute Gasteiger partial charge is 0.419 e. The van der Waals surface area contributed by atoms with Crippen LogP contribution in [0.15, 0.2) is 18.2 Å². The van der Waals surface area contributed by atoms with E-state index in [0.717, 1.165) is 38.2 Å². The maximum atomic E-state index is 13.2. The van der Waals surface area contributed by atoms with Gasteiger partial charge in [-0.3, -0.25) is 0 Å². The first-order valence-electron chi connectivity index (χ1n) is 7.03. The van der Waals surface area contributed by atoms with Crippen LogP contribution in [0.5, 0.6) is 0 Å². The SMILES string of the molecule is OC(c1ccc(F)c(C(F)(F)F)c1)C(O)C1CCCCC1. The van der Waals surface area contributed by atoms with Crippen molar-refractivity contribution in [3.63, 3.8) is 0 Å². The first kappa shape index (κ1) is 16.2. The molecule has 0 radical (unpaired) electrons. The molecule has 21 heavy (non-hydrogen) atoms. The van der Waals surface area contributed by atoms with Crippen molar-refractivity contribution in [2.75, 3.05) is 0 Å². The van der Waals surface area contributed by atoms with Crippen LogP contribution in [-0.2, 0) is 6.18 Å². The van der Waals surface area contributed by atoms with Crippen molar-refractivity contribution >= 4 is 0 Å². The Bertz CT molecular complexity index is 481. The monoisotopic (exact) mass is 306 g/mol. The van der Waals surface area contributed by atoms with E-state index in [-0.39, 0.29) is 11.5 Å². The van der Waals surface area contributed by atoms with Crippen LogP contribution in [-0.4, -0.2) is 16.3 Å². The molecule has 1 aliphatic rings. The summed E-state index contributed by atoms with van der Waals surface area (Å²) in [6.07, 6.45) is -2.97. The zero-order chi connectivity index (χ0) is 15.6. The van der Waals surface area contributed by atoms with Crippen LogP contribution in [0.3, 0.4) is 0 Å². The number of hydrogen-bond donors (Lipinski definition) is 2. The molecule has 1 aromatic carbocycles. The van der Waals surface area contributed by atoms with Crippen molar-refractivity contribution < 1.29 is 27.8 Å². The van der Waals surface area contributed by atoms with Crippen molar-refractivity contribution in [2.24, 2.45) is 5.92 Å². The molecule has 0 amide bonds. The minimum absolute atomic E-state index is 0.109. The lowest BCUT2D eigenvalue weighted by molar-refractivity contribution is -0.140. The predicted molar refractivity (Wildman–Crippen MR) is 68.9 cm³/mol. The molecule has 1 aromatic rings. The third kappa shape index (κ3) is 3.74.